The molecule has 7 heteroatoms. The number of carboxylic acid groups (broad SMARTS) is 1. The van der Waals surface area contributed by atoms with Gasteiger partial charge in [0.15, 0.2) is 10.2 Å². The van der Waals surface area contributed by atoms with Crippen LogP contribution in [0.2, 0.25) is 0 Å². The van der Waals surface area contributed by atoms with Crippen molar-refractivity contribution in [2.45, 2.75) is 32.4 Å². The molecule has 1 N–H and O–H groups in total. The van der Waals surface area contributed by atoms with Crippen LogP contribution >= 0.6 is 15.9 Å². The Bertz CT molecular complexity index is 730. The van der Waals surface area contributed by atoms with Crippen molar-refractivity contribution in [1.29, 1.82) is 0 Å². The van der Waals surface area contributed by atoms with E-state index < -0.39 is 17.6 Å². The smallest absolute Gasteiger partial charge is 0.411 e. The van der Waals surface area contributed by atoms with Crippen LogP contribution in [0.5, 0.6) is 0 Å². The van der Waals surface area contributed by atoms with Gasteiger partial charge in [0.05, 0.1) is 0 Å². The number of benzene rings is 1. The second-order valence-corrected chi connectivity index (χ2v) is 6.45. The van der Waals surface area contributed by atoms with Gasteiger partial charge in [-0.15, -0.1) is 0 Å². The Morgan fingerprint density at radius 2 is 1.92 bits per heavy atom. The van der Waals surface area contributed by atoms with Crippen LogP contribution < -0.4 is 0 Å². The number of rotatable bonds is 7. The molecule has 0 aliphatic carbocycles. The summed E-state index contributed by atoms with van der Waals surface area (Å²) in [6, 6.07) is 12.3. The Balaban J connectivity index is 2.26. The maximum atomic E-state index is 12.6. The van der Waals surface area contributed by atoms with Crippen molar-refractivity contribution in [2.75, 3.05) is 6.54 Å². The molecule has 1 heterocycles. The highest BCUT2D eigenvalue weighted by atomic mass is 79.9. The lowest BCUT2D eigenvalue weighted by molar-refractivity contribution is -0.151. The molecule has 1 atom stereocenters. The van der Waals surface area contributed by atoms with Crippen molar-refractivity contribution in [3.63, 3.8) is 0 Å². The van der Waals surface area contributed by atoms with Gasteiger partial charge < -0.3 is 14.3 Å². The van der Waals surface area contributed by atoms with Crippen molar-refractivity contribution >= 4 is 28.0 Å². The number of carbonyl (C=O) groups is 2. The summed E-state index contributed by atoms with van der Waals surface area (Å²) in [4.78, 5) is 25.8. The molecule has 0 bridgehead atoms. The van der Waals surface area contributed by atoms with Gasteiger partial charge in [-0.25, -0.2) is 9.59 Å². The first-order valence-corrected chi connectivity index (χ1v) is 8.66. The lowest BCUT2D eigenvalue weighted by atomic mass is 9.96. The fraction of sp³-hybridized carbons (Fsp3) is 0.333. The van der Waals surface area contributed by atoms with Crippen molar-refractivity contribution < 1.29 is 23.8 Å². The molecule has 0 aliphatic rings. The SMILES string of the molecule is CCCN(C(=O)OCc1ccccc1)C(C)(C(=O)O)c1ccc(Br)o1. The summed E-state index contributed by atoms with van der Waals surface area (Å²) in [5, 5.41) is 9.80. The molecule has 0 fully saturated rings. The summed E-state index contributed by atoms with van der Waals surface area (Å²) < 4.78 is 11.2. The van der Waals surface area contributed by atoms with E-state index in [2.05, 4.69) is 15.9 Å². The minimum Gasteiger partial charge on any atom is -0.479 e. The molecule has 1 amide bonds. The number of carboxylic acids is 1. The largest absolute Gasteiger partial charge is 0.479 e. The lowest BCUT2D eigenvalue weighted by Gasteiger charge is -2.35. The van der Waals surface area contributed by atoms with E-state index in [-0.39, 0.29) is 18.9 Å². The number of furan rings is 1. The van der Waals surface area contributed by atoms with E-state index in [1.165, 1.54) is 17.9 Å². The summed E-state index contributed by atoms with van der Waals surface area (Å²) in [6.45, 7) is 3.57. The van der Waals surface area contributed by atoms with Gasteiger partial charge in [-0.05, 0) is 47.0 Å². The summed E-state index contributed by atoms with van der Waals surface area (Å²) in [7, 11) is 0. The zero-order valence-corrected chi connectivity index (χ0v) is 15.7. The summed E-state index contributed by atoms with van der Waals surface area (Å²) in [6.07, 6.45) is -0.131. The Morgan fingerprint density at radius 1 is 1.24 bits per heavy atom. The third-order valence-electron chi connectivity index (χ3n) is 3.88. The van der Waals surface area contributed by atoms with Gasteiger partial charge in [0.2, 0.25) is 0 Å². The molecule has 0 saturated heterocycles. The summed E-state index contributed by atoms with van der Waals surface area (Å²) in [5.41, 5.74) is -0.847. The van der Waals surface area contributed by atoms with Gasteiger partial charge in [-0.3, -0.25) is 4.90 Å². The average molecular weight is 410 g/mol. The molecular weight excluding hydrogens is 390 g/mol. The number of halogens is 1. The minimum absolute atomic E-state index is 0.0669. The van der Waals surface area contributed by atoms with E-state index in [9.17, 15) is 14.7 Å². The normalized spacial score (nSPS) is 13.1. The van der Waals surface area contributed by atoms with Crippen LogP contribution in [0.15, 0.2) is 51.6 Å². The molecule has 1 aromatic heterocycles. The first-order chi connectivity index (χ1) is 11.9. The molecule has 0 aliphatic heterocycles. The van der Waals surface area contributed by atoms with E-state index in [1.54, 1.807) is 6.07 Å². The van der Waals surface area contributed by atoms with Crippen LogP contribution in [0.3, 0.4) is 0 Å². The number of hydrogen-bond acceptors (Lipinski definition) is 4. The van der Waals surface area contributed by atoms with Crippen molar-refractivity contribution in [2.24, 2.45) is 0 Å². The first-order valence-electron chi connectivity index (χ1n) is 7.87. The molecule has 1 aromatic carbocycles. The topological polar surface area (TPSA) is 80.0 Å². The van der Waals surface area contributed by atoms with Gasteiger partial charge in [0.1, 0.15) is 12.4 Å². The highest BCUT2D eigenvalue weighted by molar-refractivity contribution is 9.10. The molecular formula is C18H20BrNO5. The Morgan fingerprint density at radius 3 is 2.44 bits per heavy atom. The number of amides is 1. The fourth-order valence-electron chi connectivity index (χ4n) is 2.45. The van der Waals surface area contributed by atoms with Crippen molar-refractivity contribution in [1.82, 2.24) is 4.90 Å². The third-order valence-corrected chi connectivity index (χ3v) is 4.31. The zero-order chi connectivity index (χ0) is 18.4. The molecule has 6 nitrogen and oxygen atoms in total. The highest BCUT2D eigenvalue weighted by Gasteiger charge is 2.47. The fourth-order valence-corrected chi connectivity index (χ4v) is 2.75. The maximum Gasteiger partial charge on any atom is 0.411 e. The molecule has 0 spiro atoms. The van der Waals surface area contributed by atoms with E-state index in [4.69, 9.17) is 9.15 Å². The number of hydrogen-bond donors (Lipinski definition) is 1. The highest BCUT2D eigenvalue weighted by Crippen LogP contribution is 2.32. The number of nitrogens with zero attached hydrogens (tertiary/aromatic N) is 1. The summed E-state index contributed by atoms with van der Waals surface area (Å²) >= 11 is 3.17. The van der Waals surface area contributed by atoms with Crippen LogP contribution in [0.4, 0.5) is 4.79 Å². The molecule has 134 valence electrons. The van der Waals surface area contributed by atoms with E-state index in [0.29, 0.717) is 11.1 Å². The monoisotopic (exact) mass is 409 g/mol. The predicted octanol–water partition coefficient (Wildman–Crippen LogP) is 4.39. The van der Waals surface area contributed by atoms with Crippen LogP contribution in [-0.4, -0.2) is 28.6 Å². The quantitative estimate of drug-likeness (QED) is 0.733. The number of ether oxygens (including phenoxy) is 1. The van der Waals surface area contributed by atoms with Gasteiger partial charge in [0.25, 0.3) is 0 Å². The van der Waals surface area contributed by atoms with Crippen LogP contribution in [0.25, 0.3) is 0 Å². The first kappa shape index (κ1) is 19.1. The summed E-state index contributed by atoms with van der Waals surface area (Å²) in [5.74, 6) is -1.04. The van der Waals surface area contributed by atoms with Gasteiger partial charge in [0, 0.05) is 6.54 Å². The minimum atomic E-state index is -1.67. The predicted molar refractivity (Wildman–Crippen MR) is 95.0 cm³/mol. The van der Waals surface area contributed by atoms with Gasteiger partial charge in [-0.1, -0.05) is 37.3 Å². The molecule has 2 rings (SSSR count). The average Bonchev–Trinajstić information content (AvgIpc) is 3.04. The molecule has 0 saturated carbocycles. The zero-order valence-electron chi connectivity index (χ0n) is 14.1. The standard InChI is InChI=1S/C18H20BrNO5/c1-3-11-20(17(23)24-12-13-7-5-4-6-8-13)18(2,16(21)22)14-9-10-15(19)25-14/h4-10H,3,11-12H2,1-2H3,(H,21,22). The van der Waals surface area contributed by atoms with E-state index >= 15 is 0 Å². The second-order valence-electron chi connectivity index (χ2n) is 5.67. The molecule has 25 heavy (non-hydrogen) atoms. The van der Waals surface area contributed by atoms with E-state index in [1.807, 2.05) is 37.3 Å². The molecule has 1 unspecified atom stereocenters. The number of aliphatic carboxylic acids is 1. The van der Waals surface area contributed by atoms with Crippen LogP contribution in [-0.2, 0) is 21.7 Å². The molecule has 2 aromatic rings. The third kappa shape index (κ3) is 4.22. The van der Waals surface area contributed by atoms with Crippen molar-refractivity contribution in [3.8, 4) is 0 Å². The second kappa shape index (κ2) is 8.20. The van der Waals surface area contributed by atoms with E-state index in [0.717, 1.165) is 5.56 Å². The lowest BCUT2D eigenvalue weighted by Crippen LogP contribution is -2.53. The Kier molecular flexibility index (Phi) is 6.25. The maximum absolute atomic E-state index is 12.6. The Hall–Kier alpha value is -2.28. The number of carbonyl (C=O) groups excluding carboxylic acids is 1. The Labute approximate surface area is 154 Å². The van der Waals surface area contributed by atoms with Crippen LogP contribution in [0.1, 0.15) is 31.6 Å². The van der Waals surface area contributed by atoms with Gasteiger partial charge >= 0.3 is 12.1 Å². The van der Waals surface area contributed by atoms with Gasteiger partial charge in [-0.2, -0.15) is 0 Å². The van der Waals surface area contributed by atoms with Crippen molar-refractivity contribution in [3.05, 3.63) is 58.5 Å². The molecule has 0 radical (unpaired) electrons. The van der Waals surface area contributed by atoms with Crippen LogP contribution in [0, 0.1) is 0 Å².